The lowest BCUT2D eigenvalue weighted by molar-refractivity contribution is -0.137. The number of carbonyl (C=O) groups is 2. The van der Waals surface area contributed by atoms with E-state index in [2.05, 4.69) is 0 Å². The van der Waals surface area contributed by atoms with Crippen molar-refractivity contribution in [2.45, 2.75) is 19.4 Å². The maximum atomic E-state index is 11.8. The van der Waals surface area contributed by atoms with Gasteiger partial charge < -0.3 is 14.6 Å². The van der Waals surface area contributed by atoms with E-state index >= 15 is 0 Å². The van der Waals surface area contributed by atoms with Crippen LogP contribution in [0, 0.1) is 0 Å². The zero-order valence-electron chi connectivity index (χ0n) is 10.5. The van der Waals surface area contributed by atoms with Crippen molar-refractivity contribution in [2.24, 2.45) is 0 Å². The second-order valence-corrected chi connectivity index (χ2v) is 4.10. The molecule has 1 aromatic rings. The fourth-order valence-corrected chi connectivity index (χ4v) is 2.04. The van der Waals surface area contributed by atoms with Crippen molar-refractivity contribution in [1.29, 1.82) is 0 Å². The molecule has 19 heavy (non-hydrogen) atoms. The maximum Gasteiger partial charge on any atom is 0.414 e. The average Bonchev–Trinajstić information content (AvgIpc) is 2.71. The van der Waals surface area contributed by atoms with Crippen molar-refractivity contribution in [1.82, 2.24) is 0 Å². The molecule has 0 aromatic heterocycles. The van der Waals surface area contributed by atoms with Crippen LogP contribution in [0.3, 0.4) is 0 Å². The first-order valence-corrected chi connectivity index (χ1v) is 6.03. The number of cyclic esters (lactones) is 1. The highest BCUT2D eigenvalue weighted by Gasteiger charge is 2.37. The van der Waals surface area contributed by atoms with Crippen molar-refractivity contribution in [3.8, 4) is 5.75 Å². The van der Waals surface area contributed by atoms with Crippen LogP contribution in [0.15, 0.2) is 24.3 Å². The molecule has 1 heterocycles. The molecule has 6 heteroatoms. The van der Waals surface area contributed by atoms with Gasteiger partial charge in [-0.05, 0) is 19.1 Å². The number of hydrogen-bond acceptors (Lipinski definition) is 4. The Morgan fingerprint density at radius 3 is 2.95 bits per heavy atom. The summed E-state index contributed by atoms with van der Waals surface area (Å²) in [4.78, 5) is 23.9. The molecule has 1 unspecified atom stereocenters. The van der Waals surface area contributed by atoms with Gasteiger partial charge in [0.2, 0.25) is 0 Å². The van der Waals surface area contributed by atoms with E-state index in [-0.39, 0.29) is 13.0 Å². The highest BCUT2D eigenvalue weighted by atomic mass is 16.6. The van der Waals surface area contributed by atoms with Crippen LogP contribution in [0.2, 0.25) is 0 Å². The monoisotopic (exact) mass is 265 g/mol. The van der Waals surface area contributed by atoms with Crippen molar-refractivity contribution in [3.63, 3.8) is 0 Å². The van der Waals surface area contributed by atoms with Crippen LogP contribution in [-0.4, -0.2) is 36.4 Å². The molecule has 1 saturated heterocycles. The Labute approximate surface area is 110 Å². The van der Waals surface area contributed by atoms with Gasteiger partial charge in [-0.15, -0.1) is 0 Å². The largest absolute Gasteiger partial charge is 0.492 e. The molecule has 6 nitrogen and oxygen atoms in total. The minimum absolute atomic E-state index is 0.0750. The smallest absolute Gasteiger partial charge is 0.414 e. The van der Waals surface area contributed by atoms with Crippen LogP contribution in [0.4, 0.5) is 10.5 Å². The molecule has 0 aliphatic carbocycles. The van der Waals surface area contributed by atoms with Crippen LogP contribution in [-0.2, 0) is 9.53 Å². The van der Waals surface area contributed by atoms with E-state index in [9.17, 15) is 9.59 Å². The molecule has 1 fully saturated rings. The standard InChI is InChI=1S/C13H15NO5/c1-2-18-11-6-4-3-5-10(11)14-9(7-12(15)16)8-19-13(14)17/h3-6,9H,2,7-8H2,1H3,(H,15,16). The average molecular weight is 265 g/mol. The Morgan fingerprint density at radius 2 is 2.26 bits per heavy atom. The molecule has 1 aliphatic heterocycles. The summed E-state index contributed by atoms with van der Waals surface area (Å²) in [6.45, 7) is 2.38. The van der Waals surface area contributed by atoms with Gasteiger partial charge in [0.15, 0.2) is 0 Å². The predicted octanol–water partition coefficient (Wildman–Crippen LogP) is 1.89. The lowest BCUT2D eigenvalue weighted by atomic mass is 10.1. The maximum absolute atomic E-state index is 11.8. The first-order valence-electron chi connectivity index (χ1n) is 6.03. The molecule has 1 atom stereocenters. The molecule has 0 saturated carbocycles. The summed E-state index contributed by atoms with van der Waals surface area (Å²) in [5.41, 5.74) is 0.540. The molecule has 0 bridgehead atoms. The highest BCUT2D eigenvalue weighted by Crippen LogP contribution is 2.33. The number of nitrogens with zero attached hydrogens (tertiary/aromatic N) is 1. The zero-order chi connectivity index (χ0) is 13.8. The van der Waals surface area contributed by atoms with Gasteiger partial charge in [0, 0.05) is 0 Å². The van der Waals surface area contributed by atoms with Gasteiger partial charge in [0.1, 0.15) is 12.4 Å². The first kappa shape index (κ1) is 13.2. The number of amides is 1. The molecule has 102 valence electrons. The third-order valence-corrected chi connectivity index (χ3v) is 2.80. The third-order valence-electron chi connectivity index (χ3n) is 2.80. The van der Waals surface area contributed by atoms with Gasteiger partial charge >= 0.3 is 12.1 Å². The number of carboxylic acids is 1. The summed E-state index contributed by atoms with van der Waals surface area (Å²) in [5.74, 6) is -0.429. The third kappa shape index (κ3) is 2.78. The van der Waals surface area contributed by atoms with E-state index in [0.717, 1.165) is 0 Å². The van der Waals surface area contributed by atoms with Crippen LogP contribution in [0.1, 0.15) is 13.3 Å². The van der Waals surface area contributed by atoms with Crippen LogP contribution in [0.5, 0.6) is 5.75 Å². The summed E-state index contributed by atoms with van der Waals surface area (Å²) in [7, 11) is 0. The number of benzene rings is 1. The highest BCUT2D eigenvalue weighted by molar-refractivity contribution is 5.93. The normalized spacial score (nSPS) is 18.3. The number of para-hydroxylation sites is 2. The summed E-state index contributed by atoms with van der Waals surface area (Å²) >= 11 is 0. The summed E-state index contributed by atoms with van der Waals surface area (Å²) in [6.07, 6.45) is -0.704. The van der Waals surface area contributed by atoms with E-state index in [1.165, 1.54) is 4.90 Å². The van der Waals surface area contributed by atoms with E-state index in [0.29, 0.717) is 18.0 Å². The molecule has 1 amide bonds. The van der Waals surface area contributed by atoms with E-state index in [1.807, 2.05) is 6.92 Å². The Morgan fingerprint density at radius 1 is 1.53 bits per heavy atom. The number of anilines is 1. The van der Waals surface area contributed by atoms with Crippen LogP contribution >= 0.6 is 0 Å². The molecule has 1 N–H and O–H groups in total. The number of hydrogen-bond donors (Lipinski definition) is 1. The fourth-order valence-electron chi connectivity index (χ4n) is 2.04. The predicted molar refractivity (Wildman–Crippen MR) is 67.5 cm³/mol. The molecule has 0 radical (unpaired) electrons. The van der Waals surface area contributed by atoms with Gasteiger partial charge in [-0.25, -0.2) is 4.79 Å². The van der Waals surface area contributed by atoms with Crippen molar-refractivity contribution >= 4 is 17.7 Å². The van der Waals surface area contributed by atoms with Gasteiger partial charge in [0.05, 0.1) is 24.8 Å². The molecular weight excluding hydrogens is 250 g/mol. The second-order valence-electron chi connectivity index (χ2n) is 4.10. The molecule has 1 aromatic carbocycles. The van der Waals surface area contributed by atoms with Gasteiger partial charge in [-0.1, -0.05) is 12.1 Å². The first-order chi connectivity index (χ1) is 9.13. The number of aliphatic carboxylic acids is 1. The van der Waals surface area contributed by atoms with Crippen molar-refractivity contribution in [3.05, 3.63) is 24.3 Å². The summed E-state index contributed by atoms with van der Waals surface area (Å²) < 4.78 is 10.4. The SMILES string of the molecule is CCOc1ccccc1N1C(=O)OCC1CC(=O)O. The number of ether oxygens (including phenoxy) is 2. The molecular formula is C13H15NO5. The van der Waals surface area contributed by atoms with Gasteiger partial charge in [-0.2, -0.15) is 0 Å². The minimum Gasteiger partial charge on any atom is -0.492 e. The topological polar surface area (TPSA) is 76.1 Å². The number of carboxylic acid groups (broad SMARTS) is 1. The minimum atomic E-state index is -0.970. The molecule has 1 aliphatic rings. The van der Waals surface area contributed by atoms with Gasteiger partial charge in [0.25, 0.3) is 0 Å². The Balaban J connectivity index is 2.31. The lowest BCUT2D eigenvalue weighted by Gasteiger charge is -2.22. The van der Waals surface area contributed by atoms with Gasteiger partial charge in [-0.3, -0.25) is 9.69 Å². The number of carbonyl (C=O) groups excluding carboxylic acids is 1. The molecule has 2 rings (SSSR count). The molecule has 0 spiro atoms. The summed E-state index contributed by atoms with van der Waals surface area (Å²) in [6, 6.07) is 6.50. The Hall–Kier alpha value is -2.24. The second kappa shape index (κ2) is 5.60. The van der Waals surface area contributed by atoms with E-state index in [1.54, 1.807) is 24.3 Å². The quantitative estimate of drug-likeness (QED) is 0.879. The Kier molecular flexibility index (Phi) is 3.89. The van der Waals surface area contributed by atoms with E-state index < -0.39 is 18.1 Å². The van der Waals surface area contributed by atoms with Crippen molar-refractivity contribution < 1.29 is 24.2 Å². The fraction of sp³-hybridized carbons (Fsp3) is 0.385. The Bertz CT molecular complexity index is 488. The van der Waals surface area contributed by atoms with E-state index in [4.69, 9.17) is 14.6 Å². The van der Waals surface area contributed by atoms with Crippen LogP contribution in [0.25, 0.3) is 0 Å². The zero-order valence-corrected chi connectivity index (χ0v) is 10.5. The number of rotatable bonds is 5. The van der Waals surface area contributed by atoms with Crippen molar-refractivity contribution in [2.75, 3.05) is 18.1 Å². The lowest BCUT2D eigenvalue weighted by Crippen LogP contribution is -2.35. The summed E-state index contributed by atoms with van der Waals surface area (Å²) in [5, 5.41) is 8.87. The van der Waals surface area contributed by atoms with Crippen LogP contribution < -0.4 is 9.64 Å².